The molecule has 1 N–H and O–H groups in total. The van der Waals surface area contributed by atoms with Gasteiger partial charge in [0, 0.05) is 36.3 Å². The van der Waals surface area contributed by atoms with Crippen LogP contribution in [0, 0.1) is 0 Å². The highest BCUT2D eigenvalue weighted by Crippen LogP contribution is 2.19. The smallest absolute Gasteiger partial charge is 0.226 e. The number of nitrogens with zero attached hydrogens (tertiary/aromatic N) is 3. The van der Waals surface area contributed by atoms with E-state index in [2.05, 4.69) is 29.1 Å². The Bertz CT molecular complexity index is 547. The predicted octanol–water partition coefficient (Wildman–Crippen LogP) is 2.21. The first kappa shape index (κ1) is 14.7. The summed E-state index contributed by atoms with van der Waals surface area (Å²) in [6, 6.07) is 0.0694. The number of aromatic nitrogens is 3. The highest BCUT2D eigenvalue weighted by Gasteiger charge is 2.12. The lowest BCUT2D eigenvalue weighted by Gasteiger charge is -2.13. The zero-order valence-corrected chi connectivity index (χ0v) is 12.9. The van der Waals surface area contributed by atoms with Gasteiger partial charge in [-0.2, -0.15) is 0 Å². The van der Waals surface area contributed by atoms with Crippen molar-refractivity contribution in [3.63, 3.8) is 0 Å². The molecule has 1 unspecified atom stereocenters. The number of thiazole rings is 1. The standard InChI is InChI=1S/C14H20N4OS/c1-10(2)14-17-12(8-20-14)6-13(19)16-11(3)7-18-5-4-15-9-18/h4-5,8-11H,6-7H2,1-3H3,(H,16,19). The second-order valence-electron chi connectivity index (χ2n) is 5.24. The summed E-state index contributed by atoms with van der Waals surface area (Å²) in [5.74, 6) is 0.426. The third kappa shape index (κ3) is 4.16. The van der Waals surface area contributed by atoms with Crippen LogP contribution >= 0.6 is 11.3 Å². The first-order chi connectivity index (χ1) is 9.54. The summed E-state index contributed by atoms with van der Waals surface area (Å²) in [6.07, 6.45) is 5.71. The molecule has 20 heavy (non-hydrogen) atoms. The van der Waals surface area contributed by atoms with Crippen molar-refractivity contribution in [1.29, 1.82) is 0 Å². The van der Waals surface area contributed by atoms with E-state index in [-0.39, 0.29) is 11.9 Å². The normalized spacial score (nSPS) is 12.6. The molecule has 1 amide bonds. The number of carbonyl (C=O) groups is 1. The third-order valence-corrected chi connectivity index (χ3v) is 4.05. The summed E-state index contributed by atoms with van der Waals surface area (Å²) in [4.78, 5) is 20.4. The van der Waals surface area contributed by atoms with E-state index in [1.165, 1.54) is 0 Å². The lowest BCUT2D eigenvalue weighted by Crippen LogP contribution is -2.36. The van der Waals surface area contributed by atoms with Gasteiger partial charge in [0.05, 0.1) is 23.4 Å². The largest absolute Gasteiger partial charge is 0.352 e. The zero-order chi connectivity index (χ0) is 14.5. The average molecular weight is 292 g/mol. The molecule has 6 heteroatoms. The molecule has 0 saturated carbocycles. The maximum Gasteiger partial charge on any atom is 0.226 e. The molecule has 0 bridgehead atoms. The second kappa shape index (κ2) is 6.65. The highest BCUT2D eigenvalue weighted by molar-refractivity contribution is 7.09. The van der Waals surface area contributed by atoms with Gasteiger partial charge in [-0.1, -0.05) is 13.8 Å². The van der Waals surface area contributed by atoms with Gasteiger partial charge in [0.2, 0.25) is 5.91 Å². The first-order valence-electron chi connectivity index (χ1n) is 6.74. The summed E-state index contributed by atoms with van der Waals surface area (Å²) in [7, 11) is 0. The Balaban J connectivity index is 1.82. The van der Waals surface area contributed by atoms with Crippen molar-refractivity contribution < 1.29 is 4.79 Å². The Hall–Kier alpha value is -1.69. The summed E-state index contributed by atoms with van der Waals surface area (Å²) in [5.41, 5.74) is 0.853. The first-order valence-corrected chi connectivity index (χ1v) is 7.62. The quantitative estimate of drug-likeness (QED) is 0.888. The molecule has 108 valence electrons. The summed E-state index contributed by atoms with van der Waals surface area (Å²) in [5, 5.41) is 6.03. The van der Waals surface area contributed by atoms with E-state index in [0.717, 1.165) is 17.2 Å². The topological polar surface area (TPSA) is 59.8 Å². The molecule has 0 aliphatic rings. The molecule has 5 nitrogen and oxygen atoms in total. The number of carbonyl (C=O) groups excluding carboxylic acids is 1. The molecule has 2 heterocycles. The van der Waals surface area contributed by atoms with E-state index < -0.39 is 0 Å². The zero-order valence-electron chi connectivity index (χ0n) is 12.0. The molecule has 2 aromatic rings. The molecule has 0 aliphatic carbocycles. The van der Waals surface area contributed by atoms with E-state index in [1.54, 1.807) is 23.9 Å². The van der Waals surface area contributed by atoms with Crippen molar-refractivity contribution >= 4 is 17.2 Å². The van der Waals surface area contributed by atoms with Gasteiger partial charge >= 0.3 is 0 Å². The van der Waals surface area contributed by atoms with Crippen LogP contribution < -0.4 is 5.32 Å². The fraction of sp³-hybridized carbons (Fsp3) is 0.500. The third-order valence-electron chi connectivity index (χ3n) is 2.86. The van der Waals surface area contributed by atoms with Crippen LogP contribution in [0.15, 0.2) is 24.1 Å². The van der Waals surface area contributed by atoms with Crippen molar-refractivity contribution in [2.24, 2.45) is 0 Å². The average Bonchev–Trinajstić information content (AvgIpc) is 2.99. The monoisotopic (exact) mass is 292 g/mol. The number of nitrogens with one attached hydrogen (secondary N) is 1. The lowest BCUT2D eigenvalue weighted by atomic mass is 10.2. The van der Waals surface area contributed by atoms with E-state index in [9.17, 15) is 4.79 Å². The van der Waals surface area contributed by atoms with Crippen LogP contribution in [0.1, 0.15) is 37.4 Å². The van der Waals surface area contributed by atoms with Gasteiger partial charge in [-0.15, -0.1) is 11.3 Å². The van der Waals surface area contributed by atoms with Crippen LogP contribution in [0.25, 0.3) is 0 Å². The van der Waals surface area contributed by atoms with E-state index in [1.807, 2.05) is 23.1 Å². The van der Waals surface area contributed by atoms with Crippen LogP contribution in [-0.2, 0) is 17.8 Å². The molecule has 1 atom stereocenters. The molecule has 0 aliphatic heterocycles. The predicted molar refractivity (Wildman–Crippen MR) is 79.7 cm³/mol. The Labute approximate surface area is 123 Å². The Kier molecular flexibility index (Phi) is 4.89. The van der Waals surface area contributed by atoms with Gasteiger partial charge in [0.15, 0.2) is 0 Å². The van der Waals surface area contributed by atoms with Crippen molar-refractivity contribution in [2.75, 3.05) is 0 Å². The van der Waals surface area contributed by atoms with Crippen molar-refractivity contribution in [3.8, 4) is 0 Å². The number of hydrogen-bond acceptors (Lipinski definition) is 4. The van der Waals surface area contributed by atoms with Gasteiger partial charge < -0.3 is 9.88 Å². The van der Waals surface area contributed by atoms with Crippen LogP contribution in [-0.4, -0.2) is 26.5 Å². The summed E-state index contributed by atoms with van der Waals surface area (Å²) >= 11 is 1.62. The fourth-order valence-corrected chi connectivity index (χ4v) is 2.75. The minimum absolute atomic E-state index is 0.0122. The molecule has 0 spiro atoms. The summed E-state index contributed by atoms with van der Waals surface area (Å²) < 4.78 is 1.95. The second-order valence-corrected chi connectivity index (χ2v) is 6.13. The van der Waals surface area contributed by atoms with Crippen LogP contribution in [0.5, 0.6) is 0 Å². The Morgan fingerprint density at radius 2 is 2.25 bits per heavy atom. The minimum atomic E-state index is 0.0122. The number of rotatable bonds is 6. The van der Waals surface area contributed by atoms with Crippen LogP contribution in [0.4, 0.5) is 0 Å². The minimum Gasteiger partial charge on any atom is -0.352 e. The van der Waals surface area contributed by atoms with Gasteiger partial charge in [-0.25, -0.2) is 9.97 Å². The maximum atomic E-state index is 12.0. The van der Waals surface area contributed by atoms with Crippen molar-refractivity contribution in [2.45, 2.75) is 45.7 Å². The summed E-state index contributed by atoms with van der Waals surface area (Å²) in [6.45, 7) is 6.92. The number of imidazole rings is 1. The molecule has 0 aromatic carbocycles. The van der Waals surface area contributed by atoms with E-state index >= 15 is 0 Å². The Morgan fingerprint density at radius 1 is 1.45 bits per heavy atom. The number of amides is 1. The molecule has 2 aromatic heterocycles. The number of hydrogen-bond donors (Lipinski definition) is 1. The fourth-order valence-electron chi connectivity index (χ4n) is 1.92. The Morgan fingerprint density at radius 3 is 2.85 bits per heavy atom. The molecular weight excluding hydrogens is 272 g/mol. The van der Waals surface area contributed by atoms with E-state index in [0.29, 0.717) is 12.3 Å². The van der Waals surface area contributed by atoms with Crippen molar-refractivity contribution in [3.05, 3.63) is 34.8 Å². The van der Waals surface area contributed by atoms with E-state index in [4.69, 9.17) is 0 Å². The van der Waals surface area contributed by atoms with Crippen LogP contribution in [0.2, 0.25) is 0 Å². The van der Waals surface area contributed by atoms with Crippen molar-refractivity contribution in [1.82, 2.24) is 19.9 Å². The SMILES string of the molecule is CC(Cn1ccnc1)NC(=O)Cc1csc(C(C)C)n1. The van der Waals surface area contributed by atoms with Gasteiger partial charge in [0.1, 0.15) is 0 Å². The lowest BCUT2D eigenvalue weighted by molar-refractivity contribution is -0.121. The molecular formula is C14H20N4OS. The van der Waals surface area contributed by atoms with Gasteiger partial charge in [0.25, 0.3) is 0 Å². The van der Waals surface area contributed by atoms with Crippen LogP contribution in [0.3, 0.4) is 0 Å². The van der Waals surface area contributed by atoms with Gasteiger partial charge in [-0.3, -0.25) is 4.79 Å². The maximum absolute atomic E-state index is 12.0. The molecule has 0 saturated heterocycles. The highest BCUT2D eigenvalue weighted by atomic mass is 32.1. The molecule has 0 fully saturated rings. The molecule has 2 rings (SSSR count). The molecule has 0 radical (unpaired) electrons. The van der Waals surface area contributed by atoms with Gasteiger partial charge in [-0.05, 0) is 6.92 Å².